The Morgan fingerprint density at radius 2 is 2.16 bits per heavy atom. The Morgan fingerprint density at radius 1 is 1.42 bits per heavy atom. The zero-order valence-corrected chi connectivity index (χ0v) is 11.2. The molecule has 0 aliphatic heterocycles. The first-order chi connectivity index (χ1) is 9.12. The molecule has 1 rings (SSSR count). The lowest BCUT2D eigenvalue weighted by Crippen LogP contribution is -2.43. The molecule has 0 aliphatic rings. The molecule has 1 atom stereocenters. The van der Waals surface area contributed by atoms with E-state index >= 15 is 0 Å². The molecule has 4 N–H and O–H groups in total. The molecular formula is C13H20N2O4. The number of methoxy groups -OCH3 is 2. The Morgan fingerprint density at radius 3 is 2.74 bits per heavy atom. The van der Waals surface area contributed by atoms with Crippen LogP contribution in [0.3, 0.4) is 0 Å². The van der Waals surface area contributed by atoms with Gasteiger partial charge in [-0.1, -0.05) is 0 Å². The third-order valence-electron chi connectivity index (χ3n) is 2.71. The third-order valence-corrected chi connectivity index (χ3v) is 2.71. The van der Waals surface area contributed by atoms with Crippen molar-refractivity contribution in [3.05, 3.63) is 23.8 Å². The Kier molecular flexibility index (Phi) is 6.11. The summed E-state index contributed by atoms with van der Waals surface area (Å²) in [6.07, 6.45) is 0.588. The number of nitrogens with one attached hydrogen (secondary N) is 1. The number of nitrogens with two attached hydrogens (primary N) is 1. The van der Waals surface area contributed by atoms with E-state index in [0.717, 1.165) is 17.1 Å². The van der Waals surface area contributed by atoms with Crippen LogP contribution < -0.4 is 20.5 Å². The van der Waals surface area contributed by atoms with Gasteiger partial charge in [0.1, 0.15) is 17.5 Å². The average molecular weight is 268 g/mol. The fourth-order valence-corrected chi connectivity index (χ4v) is 1.61. The van der Waals surface area contributed by atoms with E-state index in [1.165, 1.54) is 0 Å². The second kappa shape index (κ2) is 7.60. The number of benzene rings is 1. The number of rotatable bonds is 7. The van der Waals surface area contributed by atoms with Crippen molar-refractivity contribution in [2.75, 3.05) is 27.4 Å². The lowest BCUT2D eigenvalue weighted by Gasteiger charge is -2.12. The summed E-state index contributed by atoms with van der Waals surface area (Å²) in [7, 11) is 3.18. The minimum Gasteiger partial charge on any atom is -0.497 e. The van der Waals surface area contributed by atoms with E-state index in [9.17, 15) is 4.79 Å². The molecule has 6 nitrogen and oxygen atoms in total. The van der Waals surface area contributed by atoms with Gasteiger partial charge < -0.3 is 25.6 Å². The average Bonchev–Trinajstić information content (AvgIpc) is 2.45. The molecule has 0 radical (unpaired) electrons. The summed E-state index contributed by atoms with van der Waals surface area (Å²) in [5, 5.41) is 11.4. The van der Waals surface area contributed by atoms with Crippen LogP contribution in [0.4, 0.5) is 0 Å². The van der Waals surface area contributed by atoms with Crippen LogP contribution in [0.1, 0.15) is 5.56 Å². The van der Waals surface area contributed by atoms with Crippen LogP contribution >= 0.6 is 0 Å². The number of hydrogen-bond acceptors (Lipinski definition) is 5. The SMILES string of the molecule is COc1ccc(OC)c(CCNC(=O)C(N)CO)c1. The number of carbonyl (C=O) groups excluding carboxylic acids is 1. The van der Waals surface area contributed by atoms with Gasteiger partial charge in [-0.2, -0.15) is 0 Å². The second-order valence-corrected chi connectivity index (χ2v) is 4.01. The van der Waals surface area contributed by atoms with Crippen LogP contribution in [-0.2, 0) is 11.2 Å². The van der Waals surface area contributed by atoms with Gasteiger partial charge in [-0.05, 0) is 30.2 Å². The van der Waals surface area contributed by atoms with Gasteiger partial charge in [0.05, 0.1) is 20.8 Å². The lowest BCUT2D eigenvalue weighted by molar-refractivity contribution is -0.123. The Hall–Kier alpha value is -1.79. The molecule has 0 saturated carbocycles. The van der Waals surface area contributed by atoms with Gasteiger partial charge in [-0.3, -0.25) is 4.79 Å². The highest BCUT2D eigenvalue weighted by molar-refractivity contribution is 5.81. The Balaban J connectivity index is 2.59. The molecule has 19 heavy (non-hydrogen) atoms. The molecule has 1 amide bonds. The van der Waals surface area contributed by atoms with Crippen molar-refractivity contribution in [2.45, 2.75) is 12.5 Å². The van der Waals surface area contributed by atoms with Gasteiger partial charge >= 0.3 is 0 Å². The fourth-order valence-electron chi connectivity index (χ4n) is 1.61. The molecule has 0 heterocycles. The van der Waals surface area contributed by atoms with Gasteiger partial charge in [-0.25, -0.2) is 0 Å². The summed E-state index contributed by atoms with van der Waals surface area (Å²) in [6.45, 7) is 0.0460. The third kappa shape index (κ3) is 4.42. The first-order valence-electron chi connectivity index (χ1n) is 5.97. The van der Waals surface area contributed by atoms with E-state index in [2.05, 4.69) is 5.32 Å². The molecule has 1 aromatic rings. The molecule has 0 saturated heterocycles. The number of aliphatic hydroxyl groups is 1. The van der Waals surface area contributed by atoms with Crippen molar-refractivity contribution in [2.24, 2.45) is 5.73 Å². The Bertz CT molecular complexity index is 423. The maximum Gasteiger partial charge on any atom is 0.239 e. The summed E-state index contributed by atoms with van der Waals surface area (Å²) >= 11 is 0. The van der Waals surface area contributed by atoms with E-state index in [4.69, 9.17) is 20.3 Å². The summed E-state index contributed by atoms with van der Waals surface area (Å²) in [5.41, 5.74) is 6.32. The van der Waals surface area contributed by atoms with Gasteiger partial charge in [-0.15, -0.1) is 0 Å². The highest BCUT2D eigenvalue weighted by Crippen LogP contribution is 2.23. The number of ether oxygens (including phenoxy) is 2. The van der Waals surface area contributed by atoms with Crippen molar-refractivity contribution < 1.29 is 19.4 Å². The fraction of sp³-hybridized carbons (Fsp3) is 0.462. The number of aliphatic hydroxyl groups excluding tert-OH is 1. The minimum atomic E-state index is -0.882. The van der Waals surface area contributed by atoms with Crippen LogP contribution in [0, 0.1) is 0 Å². The highest BCUT2D eigenvalue weighted by Gasteiger charge is 2.11. The Labute approximate surface area is 112 Å². The zero-order chi connectivity index (χ0) is 14.3. The van der Waals surface area contributed by atoms with Crippen LogP contribution in [0.2, 0.25) is 0 Å². The molecule has 106 valence electrons. The van der Waals surface area contributed by atoms with Crippen LogP contribution in [-0.4, -0.2) is 44.4 Å². The molecule has 0 aromatic heterocycles. The molecule has 0 fully saturated rings. The predicted molar refractivity (Wildman–Crippen MR) is 71.3 cm³/mol. The maximum atomic E-state index is 11.4. The smallest absolute Gasteiger partial charge is 0.239 e. The highest BCUT2D eigenvalue weighted by atomic mass is 16.5. The first-order valence-corrected chi connectivity index (χ1v) is 5.97. The summed E-state index contributed by atoms with van der Waals surface area (Å²) in [5.74, 6) is 1.10. The molecule has 6 heteroatoms. The quantitative estimate of drug-likeness (QED) is 0.630. The van der Waals surface area contributed by atoms with E-state index in [-0.39, 0.29) is 12.5 Å². The summed E-state index contributed by atoms with van der Waals surface area (Å²) < 4.78 is 10.4. The van der Waals surface area contributed by atoms with E-state index in [0.29, 0.717) is 13.0 Å². The normalized spacial score (nSPS) is 11.8. The molecule has 1 aromatic carbocycles. The standard InChI is InChI=1S/C13H20N2O4/c1-18-10-3-4-12(19-2)9(7-10)5-6-15-13(17)11(14)8-16/h3-4,7,11,16H,5-6,8,14H2,1-2H3,(H,15,17). The number of hydrogen-bond donors (Lipinski definition) is 3. The van der Waals surface area contributed by atoms with Crippen molar-refractivity contribution in [1.29, 1.82) is 0 Å². The van der Waals surface area contributed by atoms with Crippen LogP contribution in [0.15, 0.2) is 18.2 Å². The van der Waals surface area contributed by atoms with Gasteiger partial charge in [0.15, 0.2) is 0 Å². The minimum absolute atomic E-state index is 0.367. The molecule has 1 unspecified atom stereocenters. The van der Waals surface area contributed by atoms with Crippen molar-refractivity contribution >= 4 is 5.91 Å². The van der Waals surface area contributed by atoms with Crippen molar-refractivity contribution in [3.63, 3.8) is 0 Å². The molecule has 0 bridgehead atoms. The topological polar surface area (TPSA) is 93.8 Å². The van der Waals surface area contributed by atoms with Gasteiger partial charge in [0, 0.05) is 6.54 Å². The van der Waals surface area contributed by atoms with Crippen molar-refractivity contribution in [1.82, 2.24) is 5.32 Å². The predicted octanol–water partition coefficient (Wildman–Crippen LogP) is -0.318. The maximum absolute atomic E-state index is 11.4. The molecule has 0 spiro atoms. The van der Waals surface area contributed by atoms with E-state index < -0.39 is 6.04 Å². The monoisotopic (exact) mass is 268 g/mol. The first kappa shape index (κ1) is 15.3. The second-order valence-electron chi connectivity index (χ2n) is 4.01. The summed E-state index contributed by atoms with van der Waals surface area (Å²) in [4.78, 5) is 11.4. The van der Waals surface area contributed by atoms with Crippen molar-refractivity contribution in [3.8, 4) is 11.5 Å². The van der Waals surface area contributed by atoms with Gasteiger partial charge in [0.25, 0.3) is 0 Å². The lowest BCUT2D eigenvalue weighted by atomic mass is 10.1. The number of carbonyl (C=O) groups is 1. The van der Waals surface area contributed by atoms with E-state index in [1.54, 1.807) is 14.2 Å². The van der Waals surface area contributed by atoms with Gasteiger partial charge in [0.2, 0.25) is 5.91 Å². The van der Waals surface area contributed by atoms with E-state index in [1.807, 2.05) is 18.2 Å². The number of amides is 1. The van der Waals surface area contributed by atoms with Crippen LogP contribution in [0.25, 0.3) is 0 Å². The summed E-state index contributed by atoms with van der Waals surface area (Å²) in [6, 6.07) is 4.60. The molecule has 0 aliphatic carbocycles. The largest absolute Gasteiger partial charge is 0.497 e. The zero-order valence-electron chi connectivity index (χ0n) is 11.2. The molecular weight excluding hydrogens is 248 g/mol. The van der Waals surface area contributed by atoms with Crippen LogP contribution in [0.5, 0.6) is 11.5 Å².